The standard InChI is InChI=1S/C10H12.C9H14N2.C8H11N.C8H12/c1-4-10-6-8(2)5-9(3)7-10;1-7-6-8(10-2)4-5-9(7)11-3;1-7-3-5-8(9-2)6-4-7;1-4-7-8(5-2)6-3/h4-7H,1H2,2-3H3;4-6,10-11H,1-3H3;3-6,9H,1-2H3;4-7H,2H2,1,3H3/b;;;7-4-,8-6-. The highest BCUT2D eigenvalue weighted by molar-refractivity contribution is 5.58. The van der Waals surface area contributed by atoms with E-state index in [1.54, 1.807) is 0 Å². The summed E-state index contributed by atoms with van der Waals surface area (Å²) in [6, 6.07) is 21.0. The monoisotopic (exact) mass is 511 g/mol. The van der Waals surface area contributed by atoms with E-state index in [1.165, 1.54) is 44.8 Å². The van der Waals surface area contributed by atoms with Crippen LogP contribution in [-0.2, 0) is 0 Å². The molecule has 0 bridgehead atoms. The SMILES string of the molecule is C=CC(/C=C\C)=C/C.C=Cc1cc(C)cc(C)c1.CNc1ccc(C)cc1.CNc1ccc(NC)c(C)c1. The van der Waals surface area contributed by atoms with E-state index < -0.39 is 0 Å². The molecule has 38 heavy (non-hydrogen) atoms. The first-order valence-electron chi connectivity index (χ1n) is 13.0. The van der Waals surface area contributed by atoms with E-state index in [2.05, 4.69) is 117 Å². The van der Waals surface area contributed by atoms with E-state index in [9.17, 15) is 0 Å². The van der Waals surface area contributed by atoms with Gasteiger partial charge in [0, 0.05) is 38.2 Å². The van der Waals surface area contributed by atoms with Gasteiger partial charge in [0.05, 0.1) is 0 Å². The molecule has 3 heteroatoms. The van der Waals surface area contributed by atoms with Crippen molar-refractivity contribution in [1.82, 2.24) is 0 Å². The Morgan fingerprint density at radius 3 is 1.58 bits per heavy atom. The number of aryl methyl sites for hydroxylation is 4. The molecule has 0 aromatic heterocycles. The number of anilines is 3. The van der Waals surface area contributed by atoms with Gasteiger partial charge in [0.1, 0.15) is 0 Å². The zero-order valence-electron chi connectivity index (χ0n) is 25.1. The molecular formula is C35H49N3. The Hall–Kier alpha value is -3.98. The fourth-order valence-electron chi connectivity index (χ4n) is 3.42. The third-order valence-corrected chi connectivity index (χ3v) is 5.53. The quantitative estimate of drug-likeness (QED) is 0.288. The summed E-state index contributed by atoms with van der Waals surface area (Å²) in [7, 11) is 5.78. The number of benzene rings is 3. The maximum atomic E-state index is 3.71. The molecule has 0 radical (unpaired) electrons. The van der Waals surface area contributed by atoms with E-state index in [0.717, 1.165) is 5.69 Å². The van der Waals surface area contributed by atoms with Crippen LogP contribution in [0.2, 0.25) is 0 Å². The van der Waals surface area contributed by atoms with Crippen LogP contribution in [0, 0.1) is 27.7 Å². The molecule has 0 heterocycles. The third kappa shape index (κ3) is 14.5. The average Bonchev–Trinajstić information content (AvgIpc) is 2.92. The Morgan fingerprint density at radius 1 is 0.658 bits per heavy atom. The number of hydrogen-bond acceptors (Lipinski definition) is 3. The van der Waals surface area contributed by atoms with Crippen LogP contribution in [-0.4, -0.2) is 21.1 Å². The predicted molar refractivity (Wildman–Crippen MR) is 176 cm³/mol. The topological polar surface area (TPSA) is 36.1 Å². The Balaban J connectivity index is 0.000000484. The van der Waals surface area contributed by atoms with E-state index >= 15 is 0 Å². The molecule has 3 aromatic rings. The van der Waals surface area contributed by atoms with Gasteiger partial charge in [-0.2, -0.15) is 0 Å². The summed E-state index contributed by atoms with van der Waals surface area (Å²) in [6.07, 6.45) is 9.75. The molecule has 0 aliphatic rings. The lowest BCUT2D eigenvalue weighted by atomic mass is 10.1. The van der Waals surface area contributed by atoms with Crippen molar-refractivity contribution in [2.75, 3.05) is 37.1 Å². The summed E-state index contributed by atoms with van der Waals surface area (Å²) < 4.78 is 0. The Bertz CT molecular complexity index is 1130. The van der Waals surface area contributed by atoms with Crippen LogP contribution in [0.25, 0.3) is 6.08 Å². The molecule has 0 aliphatic carbocycles. The lowest BCUT2D eigenvalue weighted by molar-refractivity contribution is 1.37. The first-order chi connectivity index (χ1) is 18.2. The molecule has 3 rings (SSSR count). The zero-order valence-corrected chi connectivity index (χ0v) is 25.1. The zero-order chi connectivity index (χ0) is 28.9. The van der Waals surface area contributed by atoms with E-state index in [-0.39, 0.29) is 0 Å². The molecule has 3 N–H and O–H groups in total. The van der Waals surface area contributed by atoms with Crippen molar-refractivity contribution < 1.29 is 0 Å². The van der Waals surface area contributed by atoms with E-state index in [1.807, 2.05) is 65.4 Å². The Labute approximate surface area is 233 Å². The summed E-state index contributed by atoms with van der Waals surface area (Å²) in [5.41, 5.74) is 11.1. The van der Waals surface area contributed by atoms with Gasteiger partial charge in [-0.3, -0.25) is 0 Å². The average molecular weight is 512 g/mol. The molecule has 3 nitrogen and oxygen atoms in total. The molecule has 0 spiro atoms. The minimum absolute atomic E-state index is 1.15. The molecule has 0 fully saturated rings. The van der Waals surface area contributed by atoms with Crippen molar-refractivity contribution in [2.24, 2.45) is 0 Å². The molecule has 204 valence electrons. The molecule has 0 aliphatic heterocycles. The van der Waals surface area contributed by atoms with Crippen molar-refractivity contribution in [1.29, 1.82) is 0 Å². The molecule has 0 atom stereocenters. The molecule has 3 aromatic carbocycles. The van der Waals surface area contributed by atoms with Gasteiger partial charge < -0.3 is 16.0 Å². The number of hydrogen-bond donors (Lipinski definition) is 3. The Kier molecular flexibility index (Phi) is 18.0. The summed E-state index contributed by atoms with van der Waals surface area (Å²) in [5.74, 6) is 0. The smallest absolute Gasteiger partial charge is 0.0368 e. The summed E-state index contributed by atoms with van der Waals surface area (Å²) in [4.78, 5) is 0. The van der Waals surface area contributed by atoms with E-state index in [4.69, 9.17) is 0 Å². The van der Waals surface area contributed by atoms with Crippen molar-refractivity contribution >= 4 is 23.1 Å². The molecule has 0 amide bonds. The molecule has 0 unspecified atom stereocenters. The molecule has 0 saturated heterocycles. The second kappa shape index (κ2) is 20.1. The lowest BCUT2D eigenvalue weighted by Crippen LogP contribution is -1.93. The number of allylic oxidation sites excluding steroid dienone is 5. The highest BCUT2D eigenvalue weighted by Gasteiger charge is 1.95. The second-order valence-electron chi connectivity index (χ2n) is 8.76. The predicted octanol–water partition coefficient (Wildman–Crippen LogP) is 9.76. The third-order valence-electron chi connectivity index (χ3n) is 5.53. The van der Waals surface area contributed by atoms with Crippen LogP contribution < -0.4 is 16.0 Å². The molecular weight excluding hydrogens is 462 g/mol. The lowest BCUT2D eigenvalue weighted by Gasteiger charge is -2.06. The van der Waals surface area contributed by atoms with Gasteiger partial charge in [-0.1, -0.05) is 90.6 Å². The second-order valence-corrected chi connectivity index (χ2v) is 8.76. The van der Waals surface area contributed by atoms with Gasteiger partial charge in [-0.05, 0) is 88.6 Å². The molecule has 0 saturated carbocycles. The van der Waals surface area contributed by atoms with Crippen molar-refractivity contribution in [3.05, 3.63) is 132 Å². The fourth-order valence-corrected chi connectivity index (χ4v) is 3.42. The Morgan fingerprint density at radius 2 is 1.21 bits per heavy atom. The first-order valence-corrected chi connectivity index (χ1v) is 13.0. The summed E-state index contributed by atoms with van der Waals surface area (Å²) in [5, 5.41) is 9.26. The van der Waals surface area contributed by atoms with Crippen LogP contribution in [0.4, 0.5) is 17.1 Å². The van der Waals surface area contributed by atoms with Crippen LogP contribution in [0.15, 0.2) is 104 Å². The van der Waals surface area contributed by atoms with Crippen LogP contribution in [0.3, 0.4) is 0 Å². The number of nitrogens with one attached hydrogen (secondary N) is 3. The van der Waals surface area contributed by atoms with Gasteiger partial charge in [-0.25, -0.2) is 0 Å². The minimum atomic E-state index is 1.15. The minimum Gasteiger partial charge on any atom is -0.388 e. The highest BCUT2D eigenvalue weighted by atomic mass is 14.8. The van der Waals surface area contributed by atoms with Crippen LogP contribution in [0.1, 0.15) is 41.7 Å². The largest absolute Gasteiger partial charge is 0.388 e. The van der Waals surface area contributed by atoms with Crippen molar-refractivity contribution in [3.63, 3.8) is 0 Å². The normalized spacial score (nSPS) is 9.97. The summed E-state index contributed by atoms with van der Waals surface area (Å²) >= 11 is 0. The van der Waals surface area contributed by atoms with E-state index in [0.29, 0.717) is 0 Å². The van der Waals surface area contributed by atoms with Gasteiger partial charge in [0.2, 0.25) is 0 Å². The van der Waals surface area contributed by atoms with Crippen molar-refractivity contribution in [2.45, 2.75) is 41.5 Å². The summed E-state index contributed by atoms with van der Waals surface area (Å²) in [6.45, 7) is 19.7. The van der Waals surface area contributed by atoms with Crippen LogP contribution >= 0.6 is 0 Å². The maximum Gasteiger partial charge on any atom is 0.0368 e. The highest BCUT2D eigenvalue weighted by Crippen LogP contribution is 2.18. The van der Waals surface area contributed by atoms with Gasteiger partial charge in [0.15, 0.2) is 0 Å². The fraction of sp³-hybridized carbons (Fsp3) is 0.257. The van der Waals surface area contributed by atoms with Crippen LogP contribution in [0.5, 0.6) is 0 Å². The van der Waals surface area contributed by atoms with Crippen molar-refractivity contribution in [3.8, 4) is 0 Å². The van der Waals surface area contributed by atoms with Gasteiger partial charge >= 0.3 is 0 Å². The van der Waals surface area contributed by atoms with Gasteiger partial charge in [0.25, 0.3) is 0 Å². The van der Waals surface area contributed by atoms with Gasteiger partial charge in [-0.15, -0.1) is 0 Å². The first kappa shape index (κ1) is 34.0. The number of rotatable bonds is 6. The maximum absolute atomic E-state index is 3.71.